The number of hydrogen-bond acceptors (Lipinski definition) is 3. The van der Waals surface area contributed by atoms with Gasteiger partial charge in [-0.05, 0) is 25.0 Å². The molecular formula is C10H10N2O3. The van der Waals surface area contributed by atoms with Crippen LogP contribution in [0.2, 0.25) is 0 Å². The highest BCUT2D eigenvalue weighted by Gasteiger charge is 2.24. The van der Waals surface area contributed by atoms with Crippen LogP contribution < -0.4 is 5.32 Å². The van der Waals surface area contributed by atoms with Crippen molar-refractivity contribution in [1.29, 1.82) is 0 Å². The number of pyridine rings is 1. The molecule has 5 nitrogen and oxygen atoms in total. The Balaban J connectivity index is 2.15. The summed E-state index contributed by atoms with van der Waals surface area (Å²) in [5, 5.41) is 11.5. The lowest BCUT2D eigenvalue weighted by Crippen LogP contribution is -2.26. The van der Waals surface area contributed by atoms with Crippen LogP contribution in [0.15, 0.2) is 18.3 Å². The second-order valence-corrected chi connectivity index (χ2v) is 3.48. The summed E-state index contributed by atoms with van der Waals surface area (Å²) in [7, 11) is 0. The van der Waals surface area contributed by atoms with Crippen LogP contribution in [0.5, 0.6) is 0 Å². The Morgan fingerprint density at radius 3 is 2.80 bits per heavy atom. The van der Waals surface area contributed by atoms with Gasteiger partial charge in [-0.2, -0.15) is 0 Å². The van der Waals surface area contributed by atoms with Crippen LogP contribution in [0.4, 0.5) is 0 Å². The molecule has 0 aliphatic heterocycles. The first-order valence-corrected chi connectivity index (χ1v) is 4.67. The number of nitrogens with one attached hydrogen (secondary N) is 1. The quantitative estimate of drug-likeness (QED) is 0.761. The van der Waals surface area contributed by atoms with Crippen LogP contribution in [0.3, 0.4) is 0 Å². The zero-order chi connectivity index (χ0) is 10.8. The number of carbonyl (C=O) groups excluding carboxylic acids is 1. The summed E-state index contributed by atoms with van der Waals surface area (Å²) < 4.78 is 0. The fourth-order valence-electron chi connectivity index (χ4n) is 1.17. The summed E-state index contributed by atoms with van der Waals surface area (Å²) in [6.07, 6.45) is 3.31. The molecule has 2 rings (SSSR count). The van der Waals surface area contributed by atoms with Gasteiger partial charge in [-0.1, -0.05) is 0 Å². The number of aromatic carboxylic acids is 1. The molecule has 1 aliphatic carbocycles. The highest BCUT2D eigenvalue weighted by atomic mass is 16.4. The Hall–Kier alpha value is -1.91. The number of carboxylic acid groups (broad SMARTS) is 1. The Labute approximate surface area is 86.1 Å². The van der Waals surface area contributed by atoms with Crippen molar-refractivity contribution >= 4 is 11.9 Å². The maximum Gasteiger partial charge on any atom is 0.335 e. The van der Waals surface area contributed by atoms with Gasteiger partial charge < -0.3 is 10.4 Å². The van der Waals surface area contributed by atoms with E-state index in [-0.39, 0.29) is 23.2 Å². The molecule has 1 aromatic heterocycles. The maximum absolute atomic E-state index is 11.5. The molecule has 0 bridgehead atoms. The molecule has 1 heterocycles. The molecular weight excluding hydrogens is 196 g/mol. The van der Waals surface area contributed by atoms with Crippen molar-refractivity contribution in [3.8, 4) is 0 Å². The van der Waals surface area contributed by atoms with Gasteiger partial charge in [0.15, 0.2) is 0 Å². The number of aromatic nitrogens is 1. The molecule has 0 radical (unpaired) electrons. The van der Waals surface area contributed by atoms with Crippen molar-refractivity contribution in [3.05, 3.63) is 29.6 Å². The van der Waals surface area contributed by atoms with Crippen LogP contribution in [-0.2, 0) is 0 Å². The SMILES string of the molecule is O=C(O)c1ccnc(C(=O)NC2CC2)c1. The van der Waals surface area contributed by atoms with E-state index in [9.17, 15) is 9.59 Å². The van der Waals surface area contributed by atoms with E-state index in [0.717, 1.165) is 12.8 Å². The number of nitrogens with zero attached hydrogens (tertiary/aromatic N) is 1. The first-order valence-electron chi connectivity index (χ1n) is 4.67. The van der Waals surface area contributed by atoms with E-state index in [0.29, 0.717) is 0 Å². The Kier molecular flexibility index (Phi) is 2.37. The molecule has 0 aromatic carbocycles. The van der Waals surface area contributed by atoms with Gasteiger partial charge in [-0.3, -0.25) is 9.78 Å². The van der Waals surface area contributed by atoms with Gasteiger partial charge in [0.2, 0.25) is 0 Å². The van der Waals surface area contributed by atoms with Crippen LogP contribution >= 0.6 is 0 Å². The minimum atomic E-state index is -1.06. The zero-order valence-corrected chi connectivity index (χ0v) is 7.93. The van der Waals surface area contributed by atoms with Crippen molar-refractivity contribution < 1.29 is 14.7 Å². The predicted molar refractivity (Wildman–Crippen MR) is 51.7 cm³/mol. The zero-order valence-electron chi connectivity index (χ0n) is 7.93. The second-order valence-electron chi connectivity index (χ2n) is 3.48. The van der Waals surface area contributed by atoms with Gasteiger partial charge in [0.05, 0.1) is 5.56 Å². The summed E-state index contributed by atoms with van der Waals surface area (Å²) in [5.74, 6) is -1.36. The molecule has 1 aromatic rings. The van der Waals surface area contributed by atoms with E-state index >= 15 is 0 Å². The molecule has 78 valence electrons. The summed E-state index contributed by atoms with van der Waals surface area (Å²) in [6, 6.07) is 2.88. The van der Waals surface area contributed by atoms with Gasteiger partial charge in [-0.15, -0.1) is 0 Å². The lowest BCUT2D eigenvalue weighted by Gasteiger charge is -2.02. The van der Waals surface area contributed by atoms with Gasteiger partial charge in [0.25, 0.3) is 5.91 Å². The monoisotopic (exact) mass is 206 g/mol. The molecule has 2 N–H and O–H groups in total. The standard InChI is InChI=1S/C10H10N2O3/c13-9(12-7-1-2-7)8-5-6(10(14)15)3-4-11-8/h3-5,7H,1-2H2,(H,12,13)(H,14,15). The number of amides is 1. The lowest BCUT2D eigenvalue weighted by molar-refractivity contribution is 0.0696. The van der Waals surface area contributed by atoms with Gasteiger partial charge >= 0.3 is 5.97 Å². The van der Waals surface area contributed by atoms with Gasteiger partial charge in [0, 0.05) is 12.2 Å². The van der Waals surface area contributed by atoms with E-state index in [1.54, 1.807) is 0 Å². The van der Waals surface area contributed by atoms with Crippen molar-refractivity contribution in [2.24, 2.45) is 0 Å². The lowest BCUT2D eigenvalue weighted by atomic mass is 10.2. The molecule has 1 saturated carbocycles. The Morgan fingerprint density at radius 1 is 1.47 bits per heavy atom. The molecule has 1 fully saturated rings. The average molecular weight is 206 g/mol. The van der Waals surface area contributed by atoms with Crippen molar-refractivity contribution in [3.63, 3.8) is 0 Å². The smallest absolute Gasteiger partial charge is 0.335 e. The minimum absolute atomic E-state index is 0.0750. The van der Waals surface area contributed by atoms with Crippen LogP contribution in [-0.4, -0.2) is 28.0 Å². The summed E-state index contributed by atoms with van der Waals surface area (Å²) in [6.45, 7) is 0. The third kappa shape index (κ3) is 2.31. The van der Waals surface area contributed by atoms with Crippen LogP contribution in [0, 0.1) is 0 Å². The number of rotatable bonds is 3. The van der Waals surface area contributed by atoms with E-state index in [4.69, 9.17) is 5.11 Å². The Bertz CT molecular complexity index is 413. The predicted octanol–water partition coefficient (Wildman–Crippen LogP) is 0.672. The second kappa shape index (κ2) is 3.68. The molecule has 0 saturated heterocycles. The largest absolute Gasteiger partial charge is 0.478 e. The van der Waals surface area contributed by atoms with Crippen molar-refractivity contribution in [2.75, 3.05) is 0 Å². The summed E-state index contributed by atoms with van der Waals surface area (Å²) in [4.78, 5) is 26.0. The van der Waals surface area contributed by atoms with E-state index in [1.165, 1.54) is 18.3 Å². The molecule has 0 unspecified atom stereocenters. The van der Waals surface area contributed by atoms with Gasteiger partial charge in [0.1, 0.15) is 5.69 Å². The third-order valence-corrected chi connectivity index (χ3v) is 2.15. The normalized spacial score (nSPS) is 14.7. The molecule has 1 amide bonds. The first-order chi connectivity index (χ1) is 7.16. The molecule has 0 spiro atoms. The summed E-state index contributed by atoms with van der Waals surface area (Å²) in [5.41, 5.74) is 0.229. The number of hydrogen-bond donors (Lipinski definition) is 2. The maximum atomic E-state index is 11.5. The minimum Gasteiger partial charge on any atom is -0.478 e. The number of carbonyl (C=O) groups is 2. The Morgan fingerprint density at radius 2 is 2.20 bits per heavy atom. The summed E-state index contributed by atoms with van der Waals surface area (Å²) >= 11 is 0. The molecule has 5 heteroatoms. The third-order valence-electron chi connectivity index (χ3n) is 2.15. The van der Waals surface area contributed by atoms with E-state index < -0.39 is 5.97 Å². The molecule has 15 heavy (non-hydrogen) atoms. The fourth-order valence-corrected chi connectivity index (χ4v) is 1.17. The van der Waals surface area contributed by atoms with E-state index in [2.05, 4.69) is 10.3 Å². The van der Waals surface area contributed by atoms with Crippen LogP contribution in [0.25, 0.3) is 0 Å². The highest BCUT2D eigenvalue weighted by Crippen LogP contribution is 2.19. The topological polar surface area (TPSA) is 79.3 Å². The van der Waals surface area contributed by atoms with Crippen molar-refractivity contribution in [1.82, 2.24) is 10.3 Å². The van der Waals surface area contributed by atoms with E-state index in [1.807, 2.05) is 0 Å². The van der Waals surface area contributed by atoms with Crippen LogP contribution in [0.1, 0.15) is 33.7 Å². The van der Waals surface area contributed by atoms with Gasteiger partial charge in [-0.25, -0.2) is 4.79 Å². The first kappa shape index (κ1) is 9.64. The molecule has 0 atom stereocenters. The fraction of sp³-hybridized carbons (Fsp3) is 0.300. The highest BCUT2D eigenvalue weighted by molar-refractivity contribution is 5.96. The number of carboxylic acids is 1. The average Bonchev–Trinajstić information content (AvgIpc) is 3.02. The van der Waals surface area contributed by atoms with Crippen molar-refractivity contribution in [2.45, 2.75) is 18.9 Å². The molecule has 1 aliphatic rings.